The van der Waals surface area contributed by atoms with Crippen molar-refractivity contribution in [2.45, 2.75) is 27.2 Å². The van der Waals surface area contributed by atoms with Crippen molar-refractivity contribution in [2.75, 3.05) is 19.0 Å². The number of aryl methyl sites for hydroxylation is 3. The third kappa shape index (κ3) is 5.09. The maximum atomic E-state index is 12.8. The molecule has 0 unspecified atom stereocenters. The summed E-state index contributed by atoms with van der Waals surface area (Å²) < 4.78 is 5.62. The van der Waals surface area contributed by atoms with Gasteiger partial charge in [-0.2, -0.15) is 0 Å². The van der Waals surface area contributed by atoms with E-state index in [4.69, 9.17) is 17.0 Å². The number of nitrogens with one attached hydrogen (secondary N) is 1. The molecule has 0 bridgehead atoms. The van der Waals surface area contributed by atoms with Gasteiger partial charge in [0.25, 0.3) is 5.91 Å². The minimum Gasteiger partial charge on any atom is -0.497 e. The molecule has 0 aromatic heterocycles. The van der Waals surface area contributed by atoms with Gasteiger partial charge in [-0.3, -0.25) is 14.5 Å². The lowest BCUT2D eigenvalue weighted by atomic mass is 10.1. The minimum absolute atomic E-state index is 0.141. The van der Waals surface area contributed by atoms with E-state index >= 15 is 0 Å². The van der Waals surface area contributed by atoms with Crippen molar-refractivity contribution in [1.82, 2.24) is 4.90 Å². The molecule has 0 aliphatic carbocycles. The summed E-state index contributed by atoms with van der Waals surface area (Å²) in [5.41, 5.74) is 4.92. The first kappa shape index (κ1) is 22.1. The summed E-state index contributed by atoms with van der Waals surface area (Å²) in [5, 5.41) is 2.97. The van der Waals surface area contributed by atoms with Crippen LogP contribution >= 0.6 is 24.0 Å². The van der Waals surface area contributed by atoms with Crippen molar-refractivity contribution >= 4 is 51.9 Å². The number of methoxy groups -OCH3 is 1. The van der Waals surface area contributed by atoms with Gasteiger partial charge >= 0.3 is 0 Å². The highest BCUT2D eigenvalue weighted by molar-refractivity contribution is 8.26. The molecule has 1 aliphatic heterocycles. The number of benzene rings is 2. The van der Waals surface area contributed by atoms with E-state index in [0.29, 0.717) is 9.23 Å². The Kier molecular flexibility index (Phi) is 6.95. The zero-order valence-corrected chi connectivity index (χ0v) is 19.1. The Bertz CT molecular complexity index is 1010. The zero-order chi connectivity index (χ0) is 21.8. The molecule has 1 saturated heterocycles. The van der Waals surface area contributed by atoms with Crippen LogP contribution in [-0.4, -0.2) is 34.7 Å². The Morgan fingerprint density at radius 3 is 2.40 bits per heavy atom. The van der Waals surface area contributed by atoms with E-state index in [-0.39, 0.29) is 24.8 Å². The summed E-state index contributed by atoms with van der Waals surface area (Å²) in [7, 11) is 1.61. The Balaban J connectivity index is 1.63. The van der Waals surface area contributed by atoms with Gasteiger partial charge in [0.1, 0.15) is 10.1 Å². The number of thioether (sulfide) groups is 1. The normalized spacial score (nSPS) is 15.1. The Hall–Kier alpha value is -2.64. The summed E-state index contributed by atoms with van der Waals surface area (Å²) in [4.78, 5) is 27.3. The van der Waals surface area contributed by atoms with Crippen molar-refractivity contribution in [3.05, 3.63) is 63.6 Å². The molecular weight excluding hydrogens is 416 g/mol. The summed E-state index contributed by atoms with van der Waals surface area (Å²) in [6.07, 6.45) is 1.98. The van der Waals surface area contributed by atoms with Crippen molar-refractivity contribution in [1.29, 1.82) is 0 Å². The molecule has 30 heavy (non-hydrogen) atoms. The first-order valence-electron chi connectivity index (χ1n) is 9.55. The summed E-state index contributed by atoms with van der Waals surface area (Å²) in [6, 6.07) is 11.5. The van der Waals surface area contributed by atoms with Gasteiger partial charge in [0.15, 0.2) is 0 Å². The lowest BCUT2D eigenvalue weighted by Crippen LogP contribution is -2.31. The molecule has 0 radical (unpaired) electrons. The molecule has 1 heterocycles. The SMILES string of the molecule is COc1ccc(C=C2SC(=S)N(CCC(=O)Nc3c(C)cc(C)cc3C)C2=O)cc1. The van der Waals surface area contributed by atoms with Crippen LogP contribution in [0.2, 0.25) is 0 Å². The van der Waals surface area contributed by atoms with Crippen molar-refractivity contribution < 1.29 is 14.3 Å². The number of hydrogen-bond donors (Lipinski definition) is 1. The topological polar surface area (TPSA) is 58.6 Å². The van der Waals surface area contributed by atoms with Gasteiger partial charge in [-0.05, 0) is 55.7 Å². The Labute approximate surface area is 186 Å². The highest BCUT2D eigenvalue weighted by Gasteiger charge is 2.32. The first-order chi connectivity index (χ1) is 14.3. The molecule has 0 saturated carbocycles. The number of anilines is 1. The molecule has 5 nitrogen and oxygen atoms in total. The monoisotopic (exact) mass is 440 g/mol. The summed E-state index contributed by atoms with van der Waals surface area (Å²) in [5.74, 6) is 0.444. The quantitative estimate of drug-likeness (QED) is 0.514. The molecule has 1 aliphatic rings. The fourth-order valence-corrected chi connectivity index (χ4v) is 4.65. The highest BCUT2D eigenvalue weighted by atomic mass is 32.2. The molecule has 7 heteroatoms. The second-order valence-corrected chi connectivity index (χ2v) is 8.85. The summed E-state index contributed by atoms with van der Waals surface area (Å²) in [6.45, 7) is 6.23. The fourth-order valence-electron chi connectivity index (χ4n) is 3.34. The molecule has 2 aromatic rings. The van der Waals surface area contributed by atoms with E-state index in [9.17, 15) is 9.59 Å². The van der Waals surface area contributed by atoms with Gasteiger partial charge in [0.05, 0.1) is 12.0 Å². The van der Waals surface area contributed by atoms with Crippen molar-refractivity contribution in [2.24, 2.45) is 0 Å². The molecule has 1 N–H and O–H groups in total. The second kappa shape index (κ2) is 9.45. The predicted octanol–water partition coefficient (Wildman–Crippen LogP) is 4.85. The van der Waals surface area contributed by atoms with Crippen LogP contribution in [0.1, 0.15) is 28.7 Å². The van der Waals surface area contributed by atoms with Crippen molar-refractivity contribution in [3.8, 4) is 5.75 Å². The molecule has 156 valence electrons. The van der Waals surface area contributed by atoms with Crippen molar-refractivity contribution in [3.63, 3.8) is 0 Å². The van der Waals surface area contributed by atoms with Crippen LogP contribution in [0.5, 0.6) is 5.75 Å². The smallest absolute Gasteiger partial charge is 0.266 e. The number of amides is 2. The zero-order valence-electron chi connectivity index (χ0n) is 17.4. The van der Waals surface area contributed by atoms with Crippen LogP contribution in [0.25, 0.3) is 6.08 Å². The number of rotatable bonds is 6. The van der Waals surface area contributed by atoms with Gasteiger partial charge in [0.2, 0.25) is 5.91 Å². The Morgan fingerprint density at radius 2 is 1.80 bits per heavy atom. The number of carbonyl (C=O) groups is 2. The Morgan fingerprint density at radius 1 is 1.17 bits per heavy atom. The van der Waals surface area contributed by atoms with Gasteiger partial charge in [0, 0.05) is 18.7 Å². The van der Waals surface area contributed by atoms with Crippen LogP contribution in [0.4, 0.5) is 5.69 Å². The van der Waals surface area contributed by atoms with Crippen LogP contribution in [-0.2, 0) is 9.59 Å². The highest BCUT2D eigenvalue weighted by Crippen LogP contribution is 2.33. The first-order valence-corrected chi connectivity index (χ1v) is 10.8. The van der Waals surface area contributed by atoms with Crippen LogP contribution in [0.3, 0.4) is 0 Å². The van der Waals surface area contributed by atoms with Crippen LogP contribution in [0.15, 0.2) is 41.3 Å². The van der Waals surface area contributed by atoms with E-state index in [1.165, 1.54) is 16.7 Å². The number of thiocarbonyl (C=S) groups is 1. The summed E-state index contributed by atoms with van der Waals surface area (Å²) >= 11 is 6.62. The van der Waals surface area contributed by atoms with Gasteiger partial charge in [-0.25, -0.2) is 0 Å². The van der Waals surface area contributed by atoms with E-state index in [0.717, 1.165) is 33.7 Å². The minimum atomic E-state index is -0.170. The largest absolute Gasteiger partial charge is 0.497 e. The lowest BCUT2D eigenvalue weighted by molar-refractivity contribution is -0.122. The van der Waals surface area contributed by atoms with E-state index in [1.54, 1.807) is 13.2 Å². The van der Waals surface area contributed by atoms with Crippen LogP contribution < -0.4 is 10.1 Å². The fraction of sp³-hybridized carbons (Fsp3) is 0.261. The number of hydrogen-bond acceptors (Lipinski definition) is 5. The molecule has 2 aromatic carbocycles. The maximum absolute atomic E-state index is 12.8. The molecule has 0 spiro atoms. The molecule has 2 amide bonds. The average Bonchev–Trinajstić information content (AvgIpc) is 2.96. The van der Waals surface area contributed by atoms with E-state index in [2.05, 4.69) is 5.32 Å². The van der Waals surface area contributed by atoms with E-state index < -0.39 is 0 Å². The second-order valence-electron chi connectivity index (χ2n) is 7.18. The maximum Gasteiger partial charge on any atom is 0.266 e. The molecule has 0 atom stereocenters. The third-order valence-electron chi connectivity index (χ3n) is 4.79. The molecule has 1 fully saturated rings. The van der Waals surface area contributed by atoms with E-state index in [1.807, 2.05) is 57.2 Å². The van der Waals surface area contributed by atoms with Gasteiger partial charge in [-0.15, -0.1) is 0 Å². The lowest BCUT2D eigenvalue weighted by Gasteiger charge is -2.16. The number of carbonyl (C=O) groups excluding carboxylic acids is 2. The average molecular weight is 441 g/mol. The van der Waals surface area contributed by atoms with Crippen LogP contribution in [0, 0.1) is 20.8 Å². The number of ether oxygens (including phenoxy) is 1. The standard InChI is InChI=1S/C23H24N2O3S2/c1-14-11-15(2)21(16(3)12-14)24-20(26)9-10-25-22(27)19(30-23(25)29)13-17-5-7-18(28-4)8-6-17/h5-8,11-13H,9-10H2,1-4H3,(H,24,26). The molecular formula is C23H24N2O3S2. The van der Waals surface area contributed by atoms with Gasteiger partial charge < -0.3 is 10.1 Å². The van der Waals surface area contributed by atoms with Gasteiger partial charge in [-0.1, -0.05) is 53.8 Å². The predicted molar refractivity (Wildman–Crippen MR) is 127 cm³/mol. The third-order valence-corrected chi connectivity index (χ3v) is 6.17. The number of nitrogens with zero attached hydrogens (tertiary/aromatic N) is 1. The molecule has 3 rings (SSSR count).